The largest absolute Gasteiger partial charge is 0.335 e. The van der Waals surface area contributed by atoms with E-state index in [0.29, 0.717) is 18.4 Å². The Morgan fingerprint density at radius 2 is 2.00 bits per heavy atom. The minimum atomic E-state index is 0.0505. The van der Waals surface area contributed by atoms with E-state index in [-0.39, 0.29) is 5.41 Å². The van der Waals surface area contributed by atoms with Gasteiger partial charge in [-0.15, -0.1) is 0 Å². The molecule has 0 saturated carbocycles. The molecule has 0 aliphatic carbocycles. The first-order chi connectivity index (χ1) is 8.60. The quantitative estimate of drug-likeness (QED) is 0.842. The van der Waals surface area contributed by atoms with E-state index in [1.54, 1.807) is 4.90 Å². The Labute approximate surface area is 110 Å². The molecule has 2 heteroatoms. The van der Waals surface area contributed by atoms with E-state index < -0.39 is 0 Å². The second kappa shape index (κ2) is 5.12. The monoisotopic (exact) mass is 243 g/mol. The van der Waals surface area contributed by atoms with Crippen molar-refractivity contribution in [3.63, 3.8) is 0 Å². The average molecular weight is 243 g/mol. The highest BCUT2D eigenvalue weighted by molar-refractivity contribution is 5.28. The fourth-order valence-electron chi connectivity index (χ4n) is 3.46. The molecular formula is C16H23N2+. The van der Waals surface area contributed by atoms with Gasteiger partial charge in [-0.2, -0.15) is 5.26 Å². The molecule has 0 aromatic heterocycles. The van der Waals surface area contributed by atoms with Gasteiger partial charge in [-0.25, -0.2) is 0 Å². The van der Waals surface area contributed by atoms with E-state index in [1.807, 2.05) is 0 Å². The molecule has 1 unspecified atom stereocenters. The van der Waals surface area contributed by atoms with Crippen LogP contribution in [-0.2, 0) is 5.41 Å². The van der Waals surface area contributed by atoms with Crippen molar-refractivity contribution in [2.75, 3.05) is 13.6 Å². The Hall–Kier alpha value is -1.33. The number of nitriles is 1. The smallest absolute Gasteiger partial charge is 0.0853 e. The lowest BCUT2D eigenvalue weighted by molar-refractivity contribution is -0.915. The summed E-state index contributed by atoms with van der Waals surface area (Å²) in [5.74, 6) is 0.552. The van der Waals surface area contributed by atoms with Crippen LogP contribution in [0.2, 0.25) is 0 Å². The number of nitrogens with zero attached hydrogens (tertiary/aromatic N) is 1. The van der Waals surface area contributed by atoms with Crippen LogP contribution in [0.25, 0.3) is 0 Å². The molecule has 1 heterocycles. The van der Waals surface area contributed by atoms with Crippen molar-refractivity contribution in [3.8, 4) is 6.07 Å². The van der Waals surface area contributed by atoms with Gasteiger partial charge in [0, 0.05) is 24.2 Å². The van der Waals surface area contributed by atoms with Crippen molar-refractivity contribution < 1.29 is 4.90 Å². The van der Waals surface area contributed by atoms with E-state index in [2.05, 4.69) is 57.3 Å². The normalized spacial score (nSPS) is 36.0. The van der Waals surface area contributed by atoms with Gasteiger partial charge in [0.1, 0.15) is 0 Å². The van der Waals surface area contributed by atoms with Gasteiger partial charge >= 0.3 is 0 Å². The van der Waals surface area contributed by atoms with Gasteiger partial charge in [0.15, 0.2) is 0 Å². The Kier molecular flexibility index (Phi) is 3.73. The van der Waals surface area contributed by atoms with E-state index >= 15 is 0 Å². The number of benzene rings is 1. The highest BCUT2D eigenvalue weighted by Gasteiger charge is 2.45. The average Bonchev–Trinajstić information content (AvgIpc) is 2.37. The van der Waals surface area contributed by atoms with Gasteiger partial charge in [-0.1, -0.05) is 37.3 Å². The lowest BCUT2D eigenvalue weighted by Crippen LogP contribution is -3.15. The van der Waals surface area contributed by atoms with Crippen LogP contribution in [0, 0.1) is 17.2 Å². The van der Waals surface area contributed by atoms with Crippen LogP contribution in [-0.4, -0.2) is 19.6 Å². The van der Waals surface area contributed by atoms with Crippen LogP contribution in [0.4, 0.5) is 0 Å². The summed E-state index contributed by atoms with van der Waals surface area (Å²) in [7, 11) is 2.27. The number of piperidine rings is 1. The maximum Gasteiger partial charge on any atom is 0.0853 e. The SMILES string of the molecule is C[C@@H]1C[NH+](C)[C@@H](C)C[C@]1(CC#N)c1ccccc1. The van der Waals surface area contributed by atoms with Crippen LogP contribution >= 0.6 is 0 Å². The molecule has 2 rings (SSSR count). The van der Waals surface area contributed by atoms with E-state index in [9.17, 15) is 5.26 Å². The van der Waals surface area contributed by atoms with Gasteiger partial charge in [-0.05, 0) is 12.5 Å². The Morgan fingerprint density at radius 1 is 1.33 bits per heavy atom. The predicted octanol–water partition coefficient (Wildman–Crippen LogP) is 1.78. The Balaban J connectivity index is 2.41. The molecule has 1 aliphatic heterocycles. The molecule has 1 aromatic rings. The summed E-state index contributed by atoms with van der Waals surface area (Å²) in [4.78, 5) is 1.59. The number of rotatable bonds is 2. The molecule has 0 bridgehead atoms. The number of hydrogen-bond acceptors (Lipinski definition) is 1. The Bertz CT molecular complexity index is 434. The molecule has 1 fully saturated rings. The molecular weight excluding hydrogens is 220 g/mol. The van der Waals surface area contributed by atoms with Gasteiger partial charge in [-0.3, -0.25) is 0 Å². The Morgan fingerprint density at radius 3 is 2.61 bits per heavy atom. The number of hydrogen-bond donors (Lipinski definition) is 1. The highest BCUT2D eigenvalue weighted by Crippen LogP contribution is 2.40. The summed E-state index contributed by atoms with van der Waals surface area (Å²) in [6.07, 6.45) is 1.74. The zero-order chi connectivity index (χ0) is 13.2. The lowest BCUT2D eigenvalue weighted by Gasteiger charge is -2.46. The minimum Gasteiger partial charge on any atom is -0.335 e. The number of likely N-dealkylation sites (tertiary alicyclic amines) is 1. The van der Waals surface area contributed by atoms with Gasteiger partial charge < -0.3 is 4.90 Å². The fourth-order valence-corrected chi connectivity index (χ4v) is 3.46. The molecule has 18 heavy (non-hydrogen) atoms. The van der Waals surface area contributed by atoms with Crippen molar-refractivity contribution in [2.24, 2.45) is 5.92 Å². The third-order valence-corrected chi connectivity index (χ3v) is 4.83. The summed E-state index contributed by atoms with van der Waals surface area (Å²) in [6.45, 7) is 5.76. The molecule has 96 valence electrons. The lowest BCUT2D eigenvalue weighted by atomic mass is 9.63. The van der Waals surface area contributed by atoms with Crippen molar-refractivity contribution >= 4 is 0 Å². The number of nitrogens with one attached hydrogen (secondary N) is 1. The topological polar surface area (TPSA) is 28.2 Å². The molecule has 0 amide bonds. The van der Waals surface area contributed by atoms with Gasteiger partial charge in [0.25, 0.3) is 0 Å². The van der Waals surface area contributed by atoms with Gasteiger partial charge in [0.05, 0.1) is 25.7 Å². The van der Waals surface area contributed by atoms with Gasteiger partial charge in [0.2, 0.25) is 0 Å². The second-order valence-electron chi connectivity index (χ2n) is 5.91. The van der Waals surface area contributed by atoms with E-state index in [1.165, 1.54) is 5.56 Å². The fraction of sp³-hybridized carbons (Fsp3) is 0.562. The molecule has 2 nitrogen and oxygen atoms in total. The molecule has 1 saturated heterocycles. The minimum absolute atomic E-state index is 0.0505. The van der Waals surface area contributed by atoms with Crippen LogP contribution in [0.1, 0.15) is 32.3 Å². The summed E-state index contributed by atoms with van der Waals surface area (Å²) < 4.78 is 0. The zero-order valence-corrected chi connectivity index (χ0v) is 11.6. The first-order valence-corrected chi connectivity index (χ1v) is 6.85. The molecule has 1 aromatic carbocycles. The summed E-state index contributed by atoms with van der Waals surface area (Å²) in [5, 5.41) is 9.26. The van der Waals surface area contributed by atoms with Crippen molar-refractivity contribution in [1.29, 1.82) is 5.26 Å². The number of quaternary nitrogens is 1. The zero-order valence-electron chi connectivity index (χ0n) is 11.6. The molecule has 0 spiro atoms. The maximum atomic E-state index is 9.26. The van der Waals surface area contributed by atoms with Crippen LogP contribution < -0.4 is 4.90 Å². The molecule has 1 aliphatic rings. The first-order valence-electron chi connectivity index (χ1n) is 6.85. The third kappa shape index (κ3) is 2.15. The van der Waals surface area contributed by atoms with Crippen molar-refractivity contribution in [2.45, 2.75) is 38.1 Å². The third-order valence-electron chi connectivity index (χ3n) is 4.83. The van der Waals surface area contributed by atoms with Crippen LogP contribution in [0.3, 0.4) is 0 Å². The van der Waals surface area contributed by atoms with Crippen molar-refractivity contribution in [3.05, 3.63) is 35.9 Å². The molecule has 1 N–H and O–H groups in total. The summed E-state index contributed by atoms with van der Waals surface area (Å²) in [6, 6.07) is 13.7. The van der Waals surface area contributed by atoms with E-state index in [0.717, 1.165) is 13.0 Å². The highest BCUT2D eigenvalue weighted by atomic mass is 15.1. The second-order valence-corrected chi connectivity index (χ2v) is 5.91. The maximum absolute atomic E-state index is 9.26. The molecule has 0 radical (unpaired) electrons. The first kappa shape index (κ1) is 13.1. The standard InChI is InChI=1S/C16H22N2/c1-13-12-18(3)14(2)11-16(13,9-10-17)15-7-5-4-6-8-15/h4-8,13-14H,9,11-12H2,1-3H3/p+1/t13-,14+,16+/m1/s1. The summed E-state index contributed by atoms with van der Waals surface area (Å²) >= 11 is 0. The van der Waals surface area contributed by atoms with E-state index in [4.69, 9.17) is 0 Å². The van der Waals surface area contributed by atoms with Crippen LogP contribution in [0.15, 0.2) is 30.3 Å². The van der Waals surface area contributed by atoms with Crippen LogP contribution in [0.5, 0.6) is 0 Å². The predicted molar refractivity (Wildman–Crippen MR) is 73.3 cm³/mol. The van der Waals surface area contributed by atoms with Crippen molar-refractivity contribution in [1.82, 2.24) is 0 Å². The summed E-state index contributed by atoms with van der Waals surface area (Å²) in [5.41, 5.74) is 1.40. The molecule has 4 atom stereocenters.